The molecule has 2 heteroatoms. The number of fused-ring (bicyclic) bond motifs is 2. The van der Waals surface area contributed by atoms with E-state index >= 15 is 0 Å². The van der Waals surface area contributed by atoms with E-state index in [2.05, 4.69) is 22.6 Å². The number of alkyl halides is 1. The summed E-state index contributed by atoms with van der Waals surface area (Å²) in [5, 5.41) is 0. The second kappa shape index (κ2) is 3.04. The Balaban J connectivity index is 2.08. The summed E-state index contributed by atoms with van der Waals surface area (Å²) in [5.41, 5.74) is 0. The quantitative estimate of drug-likeness (QED) is 0.485. The van der Waals surface area contributed by atoms with Crippen molar-refractivity contribution < 1.29 is 4.79 Å². The molecule has 1 nitrogen and oxygen atoms in total. The first kappa shape index (κ1) is 8.02. The van der Waals surface area contributed by atoms with Crippen LogP contribution in [0.4, 0.5) is 0 Å². The van der Waals surface area contributed by atoms with Crippen molar-refractivity contribution in [3.8, 4) is 0 Å². The molecule has 11 heavy (non-hydrogen) atoms. The lowest BCUT2D eigenvalue weighted by Gasteiger charge is -2.36. The van der Waals surface area contributed by atoms with E-state index in [0.717, 1.165) is 16.3 Å². The summed E-state index contributed by atoms with van der Waals surface area (Å²) in [7, 11) is 0. The molecule has 3 unspecified atom stereocenters. The summed E-state index contributed by atoms with van der Waals surface area (Å²) < 4.78 is 0.858. The third kappa shape index (κ3) is 1.46. The topological polar surface area (TPSA) is 17.1 Å². The van der Waals surface area contributed by atoms with Gasteiger partial charge in [-0.15, -0.1) is 0 Å². The molecule has 62 valence electrons. The van der Waals surface area contributed by atoms with Crippen LogP contribution in [-0.2, 0) is 4.79 Å². The fourth-order valence-electron chi connectivity index (χ4n) is 2.35. The third-order valence-electron chi connectivity index (χ3n) is 3.11. The van der Waals surface area contributed by atoms with Crippen molar-refractivity contribution in [2.45, 2.75) is 36.0 Å². The molecular formula is C9H13IO. The van der Waals surface area contributed by atoms with Crippen LogP contribution in [0.15, 0.2) is 0 Å². The Hall–Kier alpha value is 0.400. The minimum atomic E-state index is 0.458. The van der Waals surface area contributed by atoms with Crippen LogP contribution in [0.3, 0.4) is 0 Å². The number of hydrogen-bond acceptors (Lipinski definition) is 1. The minimum Gasteiger partial charge on any atom is -0.299 e. The van der Waals surface area contributed by atoms with Gasteiger partial charge in [0.05, 0.1) is 0 Å². The average Bonchev–Trinajstić information content (AvgIpc) is 2.02. The molecule has 0 aromatic carbocycles. The Labute approximate surface area is 81.1 Å². The highest BCUT2D eigenvalue weighted by Gasteiger charge is 2.36. The second-order valence-corrected chi connectivity index (χ2v) is 5.39. The number of carbonyl (C=O) groups is 1. The van der Waals surface area contributed by atoms with Crippen molar-refractivity contribution in [3.63, 3.8) is 0 Å². The Morgan fingerprint density at radius 3 is 2.91 bits per heavy atom. The lowest BCUT2D eigenvalue weighted by Crippen LogP contribution is -2.34. The Bertz CT molecular complexity index is 178. The number of hydrogen-bond donors (Lipinski definition) is 0. The molecule has 0 saturated heterocycles. The number of ketones is 1. The SMILES string of the molecule is O=C1CCC2CC1CCC2I. The summed E-state index contributed by atoms with van der Waals surface area (Å²) in [6.07, 6.45) is 5.69. The van der Waals surface area contributed by atoms with E-state index in [9.17, 15) is 4.79 Å². The van der Waals surface area contributed by atoms with E-state index in [-0.39, 0.29) is 0 Å². The highest BCUT2D eigenvalue weighted by Crippen LogP contribution is 2.41. The summed E-state index contributed by atoms with van der Waals surface area (Å²) in [5.74, 6) is 1.87. The van der Waals surface area contributed by atoms with E-state index in [1.807, 2.05) is 0 Å². The van der Waals surface area contributed by atoms with E-state index in [0.29, 0.717) is 11.7 Å². The van der Waals surface area contributed by atoms with Crippen LogP contribution in [0.2, 0.25) is 0 Å². The molecule has 0 radical (unpaired) electrons. The first-order valence-corrected chi connectivity index (χ1v) is 5.68. The van der Waals surface area contributed by atoms with Gasteiger partial charge in [0, 0.05) is 16.3 Å². The lowest BCUT2D eigenvalue weighted by molar-refractivity contribution is -0.126. The fraction of sp³-hybridized carbons (Fsp3) is 0.889. The molecule has 0 aromatic heterocycles. The van der Waals surface area contributed by atoms with E-state index in [1.165, 1.54) is 25.7 Å². The molecule has 2 fully saturated rings. The monoisotopic (exact) mass is 264 g/mol. The number of halogens is 1. The van der Waals surface area contributed by atoms with E-state index < -0.39 is 0 Å². The fourth-order valence-corrected chi connectivity index (χ4v) is 3.36. The van der Waals surface area contributed by atoms with E-state index in [4.69, 9.17) is 0 Å². The Morgan fingerprint density at radius 1 is 1.27 bits per heavy atom. The number of rotatable bonds is 0. The molecule has 0 spiro atoms. The first-order valence-electron chi connectivity index (χ1n) is 4.44. The first-order chi connectivity index (χ1) is 5.27. The standard InChI is InChI=1S/C9H13IO/c10-8-3-1-7-5-6(8)2-4-9(7)11/h6-8H,1-5H2. The molecule has 0 aromatic rings. The van der Waals surface area contributed by atoms with Crippen molar-refractivity contribution >= 4 is 28.4 Å². The predicted molar refractivity (Wildman–Crippen MR) is 52.9 cm³/mol. The summed E-state index contributed by atoms with van der Waals surface area (Å²) in [6, 6.07) is 0. The van der Waals surface area contributed by atoms with Gasteiger partial charge >= 0.3 is 0 Å². The zero-order chi connectivity index (χ0) is 7.84. The van der Waals surface area contributed by atoms with Gasteiger partial charge in [-0.2, -0.15) is 0 Å². The molecule has 2 bridgehead atoms. The highest BCUT2D eigenvalue weighted by molar-refractivity contribution is 14.1. The normalized spacial score (nSPS) is 44.1. The number of carbonyl (C=O) groups excluding carboxylic acids is 1. The molecule has 2 aliphatic carbocycles. The lowest BCUT2D eigenvalue weighted by atomic mass is 9.72. The van der Waals surface area contributed by atoms with Gasteiger partial charge in [0.25, 0.3) is 0 Å². The van der Waals surface area contributed by atoms with Crippen LogP contribution in [0.5, 0.6) is 0 Å². The van der Waals surface area contributed by atoms with Gasteiger partial charge < -0.3 is 0 Å². The van der Waals surface area contributed by atoms with Gasteiger partial charge in [-0.25, -0.2) is 0 Å². The maximum atomic E-state index is 11.3. The van der Waals surface area contributed by atoms with Crippen LogP contribution in [0.1, 0.15) is 32.1 Å². The maximum Gasteiger partial charge on any atom is 0.135 e. The molecule has 2 saturated carbocycles. The highest BCUT2D eigenvalue weighted by atomic mass is 127. The van der Waals surface area contributed by atoms with Crippen LogP contribution in [-0.4, -0.2) is 9.71 Å². The van der Waals surface area contributed by atoms with Crippen molar-refractivity contribution in [3.05, 3.63) is 0 Å². The Morgan fingerprint density at radius 2 is 2.09 bits per heavy atom. The molecule has 2 aliphatic rings. The van der Waals surface area contributed by atoms with Crippen molar-refractivity contribution in [2.75, 3.05) is 0 Å². The predicted octanol–water partition coefficient (Wildman–Crippen LogP) is 2.57. The average molecular weight is 264 g/mol. The maximum absolute atomic E-state index is 11.3. The molecule has 0 heterocycles. The van der Waals surface area contributed by atoms with Crippen LogP contribution >= 0.6 is 22.6 Å². The number of Topliss-reactive ketones (excluding diaryl/α,β-unsaturated/α-hetero) is 1. The smallest absolute Gasteiger partial charge is 0.135 e. The third-order valence-corrected chi connectivity index (χ3v) is 4.75. The zero-order valence-corrected chi connectivity index (χ0v) is 8.71. The van der Waals surface area contributed by atoms with Crippen LogP contribution in [0, 0.1) is 11.8 Å². The zero-order valence-electron chi connectivity index (χ0n) is 6.55. The summed E-state index contributed by atoms with van der Waals surface area (Å²) >= 11 is 2.56. The molecule has 0 amide bonds. The van der Waals surface area contributed by atoms with E-state index in [1.54, 1.807) is 0 Å². The molecule has 0 aliphatic heterocycles. The van der Waals surface area contributed by atoms with Gasteiger partial charge in [0.2, 0.25) is 0 Å². The molecular weight excluding hydrogens is 251 g/mol. The summed E-state index contributed by atoms with van der Waals surface area (Å²) in [4.78, 5) is 11.3. The van der Waals surface area contributed by atoms with Gasteiger partial charge in [-0.05, 0) is 31.6 Å². The van der Waals surface area contributed by atoms with Crippen LogP contribution < -0.4 is 0 Å². The van der Waals surface area contributed by atoms with Gasteiger partial charge in [-0.3, -0.25) is 4.79 Å². The van der Waals surface area contributed by atoms with Gasteiger partial charge in [-0.1, -0.05) is 22.6 Å². The van der Waals surface area contributed by atoms with Gasteiger partial charge in [0.15, 0.2) is 0 Å². The molecule has 2 rings (SSSR count). The van der Waals surface area contributed by atoms with Crippen LogP contribution in [0.25, 0.3) is 0 Å². The molecule has 0 N–H and O–H groups in total. The largest absolute Gasteiger partial charge is 0.299 e. The second-order valence-electron chi connectivity index (χ2n) is 3.79. The van der Waals surface area contributed by atoms with Crippen molar-refractivity contribution in [1.29, 1.82) is 0 Å². The summed E-state index contributed by atoms with van der Waals surface area (Å²) in [6.45, 7) is 0. The molecule has 3 atom stereocenters. The van der Waals surface area contributed by atoms with Gasteiger partial charge in [0.1, 0.15) is 5.78 Å². The van der Waals surface area contributed by atoms with Crippen molar-refractivity contribution in [2.24, 2.45) is 11.8 Å². The minimum absolute atomic E-state index is 0.458. The Kier molecular flexibility index (Phi) is 2.21. The van der Waals surface area contributed by atoms with Crippen molar-refractivity contribution in [1.82, 2.24) is 0 Å².